The summed E-state index contributed by atoms with van der Waals surface area (Å²) in [6.07, 6.45) is 4.61. The smallest absolute Gasteiger partial charge is 0.230 e. The summed E-state index contributed by atoms with van der Waals surface area (Å²) in [6, 6.07) is 42.0. The molecule has 5 heteroatoms. The fourth-order valence-electron chi connectivity index (χ4n) is 7.10. The Morgan fingerprint density at radius 1 is 0.592 bits per heavy atom. The Labute approximate surface area is 286 Å². The highest BCUT2D eigenvalue weighted by Crippen LogP contribution is 2.36. The van der Waals surface area contributed by atoms with Crippen LogP contribution in [0.2, 0.25) is 0 Å². The van der Waals surface area contributed by atoms with Crippen LogP contribution in [0.3, 0.4) is 0 Å². The van der Waals surface area contributed by atoms with Gasteiger partial charge in [-0.2, -0.15) is 0 Å². The largest absolute Gasteiger partial charge is 0.384 e. The maximum Gasteiger partial charge on any atom is 0.230 e. The van der Waals surface area contributed by atoms with E-state index in [4.69, 9.17) is 0 Å². The van der Waals surface area contributed by atoms with Crippen LogP contribution in [0.5, 0.6) is 0 Å². The molecule has 1 fully saturated rings. The fourth-order valence-corrected chi connectivity index (χ4v) is 7.10. The lowest BCUT2D eigenvalue weighted by atomic mass is 9.94. The van der Waals surface area contributed by atoms with Crippen molar-refractivity contribution in [2.24, 2.45) is 5.92 Å². The standard InChI is InChI=1S/C24H21NO2.C20H17NO/c26-23-11-12-25(24(27)19-8-9-19)22-10-6-17(15-21(22)23)13-16-5-7-18-3-1-2-4-20(18)14-16;22-20-9-10-21-19-8-6-15(13-18(19)20)11-14-5-7-16-3-1-2-4-17(16)12-14/h1-7,10,14-15,19H,8-9,11-13H2;1-8,12-13,21H,9-11H2. The number of amides is 1. The Hall–Kier alpha value is -5.55. The summed E-state index contributed by atoms with van der Waals surface area (Å²) in [5, 5.41) is 8.27. The zero-order valence-corrected chi connectivity index (χ0v) is 27.5. The van der Waals surface area contributed by atoms with E-state index in [1.54, 1.807) is 0 Å². The first-order valence-corrected chi connectivity index (χ1v) is 17.3. The van der Waals surface area contributed by atoms with E-state index < -0.39 is 0 Å². The molecule has 2 aliphatic heterocycles. The Bertz CT molecular complexity index is 2250. The molecule has 9 rings (SSSR count). The van der Waals surface area contributed by atoms with E-state index in [-0.39, 0.29) is 23.4 Å². The zero-order valence-electron chi connectivity index (χ0n) is 27.5. The molecule has 1 N–H and O–H groups in total. The molecule has 0 radical (unpaired) electrons. The number of hydrogen-bond acceptors (Lipinski definition) is 4. The Morgan fingerprint density at radius 3 is 1.76 bits per heavy atom. The first-order valence-electron chi connectivity index (χ1n) is 17.3. The highest BCUT2D eigenvalue weighted by atomic mass is 16.2. The minimum Gasteiger partial charge on any atom is -0.384 e. The van der Waals surface area contributed by atoms with Gasteiger partial charge in [-0.15, -0.1) is 0 Å². The number of benzene rings is 6. The van der Waals surface area contributed by atoms with Crippen molar-refractivity contribution in [1.29, 1.82) is 0 Å². The van der Waals surface area contributed by atoms with Gasteiger partial charge in [0.1, 0.15) is 0 Å². The molecule has 0 atom stereocenters. The lowest BCUT2D eigenvalue weighted by Gasteiger charge is -2.29. The minimum atomic E-state index is 0.144. The first-order chi connectivity index (χ1) is 24.0. The Kier molecular flexibility index (Phi) is 8.26. The molecule has 242 valence electrons. The van der Waals surface area contributed by atoms with Crippen molar-refractivity contribution in [3.8, 4) is 0 Å². The van der Waals surface area contributed by atoms with Crippen molar-refractivity contribution in [3.63, 3.8) is 0 Å². The minimum absolute atomic E-state index is 0.144. The first kappa shape index (κ1) is 30.8. The van der Waals surface area contributed by atoms with E-state index in [1.807, 2.05) is 35.2 Å². The molecule has 5 nitrogen and oxygen atoms in total. The molecule has 0 aromatic heterocycles. The van der Waals surface area contributed by atoms with Gasteiger partial charge >= 0.3 is 0 Å². The molecule has 3 aliphatic rings. The second-order valence-electron chi connectivity index (χ2n) is 13.5. The van der Waals surface area contributed by atoms with E-state index in [2.05, 4.69) is 96.3 Å². The van der Waals surface area contributed by atoms with Crippen molar-refractivity contribution in [1.82, 2.24) is 0 Å². The number of fused-ring (bicyclic) bond motifs is 4. The van der Waals surface area contributed by atoms with Gasteiger partial charge in [0.25, 0.3) is 0 Å². The van der Waals surface area contributed by atoms with Crippen molar-refractivity contribution >= 4 is 50.4 Å². The molecular formula is C44H38N2O3. The highest BCUT2D eigenvalue weighted by molar-refractivity contribution is 6.09. The van der Waals surface area contributed by atoms with Gasteiger partial charge < -0.3 is 10.2 Å². The number of nitrogens with one attached hydrogen (secondary N) is 1. The van der Waals surface area contributed by atoms with Crippen LogP contribution in [0.1, 0.15) is 68.7 Å². The molecule has 1 amide bonds. The maximum atomic E-state index is 12.5. The van der Waals surface area contributed by atoms with E-state index >= 15 is 0 Å². The summed E-state index contributed by atoms with van der Waals surface area (Å²) in [7, 11) is 0. The van der Waals surface area contributed by atoms with Crippen molar-refractivity contribution < 1.29 is 14.4 Å². The van der Waals surface area contributed by atoms with Crippen LogP contribution < -0.4 is 10.2 Å². The van der Waals surface area contributed by atoms with Crippen molar-refractivity contribution in [2.45, 2.75) is 38.5 Å². The number of carbonyl (C=O) groups excluding carboxylic acids is 3. The van der Waals surface area contributed by atoms with Crippen LogP contribution in [0.4, 0.5) is 11.4 Å². The average Bonchev–Trinajstić information content (AvgIpc) is 3.99. The van der Waals surface area contributed by atoms with Crippen LogP contribution in [-0.4, -0.2) is 30.6 Å². The number of carbonyl (C=O) groups is 3. The van der Waals surface area contributed by atoms with Crippen LogP contribution in [0.25, 0.3) is 21.5 Å². The second kappa shape index (κ2) is 13.2. The number of nitrogens with zero attached hydrogens (tertiary/aromatic N) is 1. The van der Waals surface area contributed by atoms with Crippen LogP contribution in [0, 0.1) is 5.92 Å². The predicted molar refractivity (Wildman–Crippen MR) is 198 cm³/mol. The molecule has 6 aromatic carbocycles. The van der Waals surface area contributed by atoms with Gasteiger partial charge in [-0.3, -0.25) is 14.4 Å². The summed E-state index contributed by atoms with van der Waals surface area (Å²) in [6.45, 7) is 1.26. The number of hydrogen-bond donors (Lipinski definition) is 1. The summed E-state index contributed by atoms with van der Waals surface area (Å²) in [5.41, 5.74) is 8.10. The molecule has 0 bridgehead atoms. The molecule has 0 spiro atoms. The average molecular weight is 643 g/mol. The van der Waals surface area contributed by atoms with Crippen molar-refractivity contribution in [3.05, 3.63) is 155 Å². The van der Waals surface area contributed by atoms with Crippen molar-refractivity contribution in [2.75, 3.05) is 23.3 Å². The number of ketones is 2. The topological polar surface area (TPSA) is 66.5 Å². The van der Waals surface area contributed by atoms with Gasteiger partial charge in [0.05, 0.1) is 5.69 Å². The Morgan fingerprint density at radius 2 is 1.12 bits per heavy atom. The zero-order chi connectivity index (χ0) is 33.3. The second-order valence-corrected chi connectivity index (χ2v) is 13.5. The number of anilines is 2. The molecule has 49 heavy (non-hydrogen) atoms. The summed E-state index contributed by atoms with van der Waals surface area (Å²) >= 11 is 0. The molecule has 1 aliphatic carbocycles. The predicted octanol–water partition coefficient (Wildman–Crippen LogP) is 9.19. The van der Waals surface area contributed by atoms with Gasteiger partial charge in [0, 0.05) is 48.7 Å². The maximum absolute atomic E-state index is 12.5. The van der Waals surface area contributed by atoms with E-state index in [0.29, 0.717) is 24.9 Å². The third kappa shape index (κ3) is 6.62. The molecule has 0 saturated heterocycles. The third-order valence-corrected chi connectivity index (χ3v) is 9.90. The highest BCUT2D eigenvalue weighted by Gasteiger charge is 2.37. The quantitative estimate of drug-likeness (QED) is 0.204. The normalized spacial score (nSPS) is 15.2. The van der Waals surface area contributed by atoms with Gasteiger partial charge in [0.2, 0.25) is 5.91 Å². The van der Waals surface area contributed by atoms with Gasteiger partial charge in [0.15, 0.2) is 11.6 Å². The van der Waals surface area contributed by atoms with Crippen LogP contribution >= 0.6 is 0 Å². The summed E-state index contributed by atoms with van der Waals surface area (Å²) in [5.74, 6) is 0.744. The van der Waals surface area contributed by atoms with Gasteiger partial charge in [-0.05, 0) is 93.7 Å². The Balaban J connectivity index is 0.000000145. The molecule has 1 saturated carbocycles. The molecule has 0 unspecified atom stereocenters. The van der Waals surface area contributed by atoms with Gasteiger partial charge in [-0.25, -0.2) is 0 Å². The van der Waals surface area contributed by atoms with E-state index in [9.17, 15) is 14.4 Å². The molecule has 6 aromatic rings. The van der Waals surface area contributed by atoms with Gasteiger partial charge in [-0.1, -0.05) is 97.1 Å². The lowest BCUT2D eigenvalue weighted by Crippen LogP contribution is -2.38. The monoisotopic (exact) mass is 642 g/mol. The fraction of sp³-hybridized carbons (Fsp3) is 0.205. The van der Waals surface area contributed by atoms with Crippen LogP contribution in [0.15, 0.2) is 121 Å². The SMILES string of the molecule is O=C1CCN(C(=O)C2CC2)c2ccc(Cc3ccc4ccccc4c3)cc21.O=C1CCNc2ccc(Cc3ccc4ccccc4c3)cc21. The lowest BCUT2D eigenvalue weighted by molar-refractivity contribution is -0.119. The number of rotatable bonds is 5. The number of Topliss-reactive ketones (excluding diaryl/α,β-unsaturated/α-hetero) is 2. The molecule has 2 heterocycles. The van der Waals surface area contributed by atoms with Crippen LogP contribution in [-0.2, 0) is 17.6 Å². The summed E-state index contributed by atoms with van der Waals surface area (Å²) < 4.78 is 0. The molecular weight excluding hydrogens is 604 g/mol. The van der Waals surface area contributed by atoms with E-state index in [0.717, 1.165) is 54.7 Å². The van der Waals surface area contributed by atoms with E-state index in [1.165, 1.54) is 38.2 Å². The third-order valence-electron chi connectivity index (χ3n) is 9.90. The summed E-state index contributed by atoms with van der Waals surface area (Å²) in [4.78, 5) is 38.9.